The molecule has 0 heterocycles. The first kappa shape index (κ1) is 15.9. The number of ether oxygens (including phenoxy) is 1. The van der Waals surface area contributed by atoms with E-state index in [1.807, 2.05) is 19.9 Å². The Morgan fingerprint density at radius 1 is 1.05 bits per heavy atom. The first-order chi connectivity index (χ1) is 10.2. The first-order valence-corrected chi connectivity index (χ1v) is 6.49. The fourth-order valence-electron chi connectivity index (χ4n) is 1.86. The minimum absolute atomic E-state index is 0.0833. The summed E-state index contributed by atoms with van der Waals surface area (Å²) >= 11 is 0. The molecule has 0 aromatic heterocycles. The van der Waals surface area contributed by atoms with Gasteiger partial charge >= 0.3 is 6.36 Å². The maximum atomic E-state index is 12.2. The van der Waals surface area contributed by atoms with Gasteiger partial charge in [-0.25, -0.2) is 0 Å². The van der Waals surface area contributed by atoms with Crippen molar-refractivity contribution in [2.75, 3.05) is 5.32 Å². The molecule has 0 aliphatic rings. The Morgan fingerprint density at radius 3 is 2.41 bits per heavy atom. The Balaban J connectivity index is 2.15. The van der Waals surface area contributed by atoms with Crippen molar-refractivity contribution in [1.29, 1.82) is 0 Å². The van der Waals surface area contributed by atoms with Gasteiger partial charge in [0.15, 0.2) is 0 Å². The largest absolute Gasteiger partial charge is 0.573 e. The van der Waals surface area contributed by atoms with Crippen LogP contribution in [-0.4, -0.2) is 12.3 Å². The molecule has 0 spiro atoms. The first-order valence-electron chi connectivity index (χ1n) is 6.49. The number of halogens is 3. The third-order valence-corrected chi connectivity index (χ3v) is 3.09. The predicted octanol–water partition coefficient (Wildman–Crippen LogP) is 4.45. The van der Waals surface area contributed by atoms with E-state index < -0.39 is 18.0 Å². The number of aryl methyl sites for hydroxylation is 2. The summed E-state index contributed by atoms with van der Waals surface area (Å²) in [6.45, 7) is 3.85. The van der Waals surface area contributed by atoms with Gasteiger partial charge < -0.3 is 10.1 Å². The van der Waals surface area contributed by atoms with Crippen molar-refractivity contribution in [3.05, 3.63) is 59.2 Å². The van der Waals surface area contributed by atoms with Crippen LogP contribution in [0.5, 0.6) is 5.75 Å². The SMILES string of the molecule is Cc1ccc(NC(=O)c2cccc(OC(F)(F)F)c2)cc1C. The van der Waals surface area contributed by atoms with Gasteiger partial charge in [0.2, 0.25) is 0 Å². The van der Waals surface area contributed by atoms with Crippen LogP contribution in [0.3, 0.4) is 0 Å². The lowest BCUT2D eigenvalue weighted by molar-refractivity contribution is -0.274. The molecule has 1 amide bonds. The van der Waals surface area contributed by atoms with Crippen LogP contribution < -0.4 is 10.1 Å². The van der Waals surface area contributed by atoms with E-state index in [1.165, 1.54) is 12.1 Å². The molecule has 0 unspecified atom stereocenters. The second-order valence-corrected chi connectivity index (χ2v) is 4.83. The highest BCUT2D eigenvalue weighted by Gasteiger charge is 2.31. The molecule has 6 heteroatoms. The Bertz CT molecular complexity index is 696. The highest BCUT2D eigenvalue weighted by molar-refractivity contribution is 6.04. The number of amides is 1. The summed E-state index contributed by atoms with van der Waals surface area (Å²) in [7, 11) is 0. The molecule has 0 aliphatic heterocycles. The Labute approximate surface area is 125 Å². The lowest BCUT2D eigenvalue weighted by atomic mass is 10.1. The van der Waals surface area contributed by atoms with Gasteiger partial charge in [-0.2, -0.15) is 0 Å². The Hall–Kier alpha value is -2.50. The zero-order chi connectivity index (χ0) is 16.3. The molecule has 0 bridgehead atoms. The normalized spacial score (nSPS) is 11.1. The smallest absolute Gasteiger partial charge is 0.406 e. The molecule has 22 heavy (non-hydrogen) atoms. The topological polar surface area (TPSA) is 38.3 Å². The van der Waals surface area contributed by atoms with Gasteiger partial charge in [-0.15, -0.1) is 13.2 Å². The van der Waals surface area contributed by atoms with Gasteiger partial charge in [-0.3, -0.25) is 4.79 Å². The van der Waals surface area contributed by atoms with E-state index in [4.69, 9.17) is 0 Å². The second kappa shape index (κ2) is 6.09. The van der Waals surface area contributed by atoms with Gasteiger partial charge in [0.25, 0.3) is 5.91 Å². The van der Waals surface area contributed by atoms with Crippen LogP contribution in [0.25, 0.3) is 0 Å². The van der Waals surface area contributed by atoms with E-state index in [2.05, 4.69) is 10.1 Å². The molecule has 0 radical (unpaired) electrons. The average molecular weight is 309 g/mol. The molecule has 3 nitrogen and oxygen atoms in total. The zero-order valence-electron chi connectivity index (χ0n) is 12.0. The summed E-state index contributed by atoms with van der Waals surface area (Å²) in [6, 6.07) is 10.3. The molecule has 0 saturated carbocycles. The molecule has 2 rings (SSSR count). The summed E-state index contributed by atoms with van der Waals surface area (Å²) in [5.41, 5.74) is 2.75. The summed E-state index contributed by atoms with van der Waals surface area (Å²) in [4.78, 5) is 12.1. The van der Waals surface area contributed by atoms with Crippen LogP contribution in [0.4, 0.5) is 18.9 Å². The molecule has 0 saturated heterocycles. The van der Waals surface area contributed by atoms with E-state index in [0.29, 0.717) is 5.69 Å². The van der Waals surface area contributed by atoms with Crippen molar-refractivity contribution in [1.82, 2.24) is 0 Å². The van der Waals surface area contributed by atoms with Crippen LogP contribution in [-0.2, 0) is 0 Å². The number of nitrogens with one attached hydrogen (secondary N) is 1. The molecule has 2 aromatic carbocycles. The zero-order valence-corrected chi connectivity index (χ0v) is 12.0. The van der Waals surface area contributed by atoms with Crippen LogP contribution in [0.2, 0.25) is 0 Å². The molecular formula is C16H14F3NO2. The number of rotatable bonds is 3. The van der Waals surface area contributed by atoms with Crippen molar-refractivity contribution in [2.45, 2.75) is 20.2 Å². The van der Waals surface area contributed by atoms with E-state index in [0.717, 1.165) is 23.3 Å². The Morgan fingerprint density at radius 2 is 1.77 bits per heavy atom. The van der Waals surface area contributed by atoms with Crippen molar-refractivity contribution in [2.24, 2.45) is 0 Å². The predicted molar refractivity (Wildman–Crippen MR) is 77.0 cm³/mol. The third-order valence-electron chi connectivity index (χ3n) is 3.09. The van der Waals surface area contributed by atoms with E-state index >= 15 is 0 Å². The molecule has 0 fully saturated rings. The fraction of sp³-hybridized carbons (Fsp3) is 0.188. The molecule has 1 N–H and O–H groups in total. The van der Waals surface area contributed by atoms with Crippen molar-refractivity contribution >= 4 is 11.6 Å². The quantitative estimate of drug-likeness (QED) is 0.909. The van der Waals surface area contributed by atoms with Gasteiger partial charge in [0, 0.05) is 11.3 Å². The van der Waals surface area contributed by atoms with Crippen LogP contribution in [0.15, 0.2) is 42.5 Å². The number of alkyl halides is 3. The summed E-state index contributed by atoms with van der Waals surface area (Å²) in [6.07, 6.45) is -4.79. The number of hydrogen-bond acceptors (Lipinski definition) is 2. The highest BCUT2D eigenvalue weighted by atomic mass is 19.4. The van der Waals surface area contributed by atoms with Crippen LogP contribution >= 0.6 is 0 Å². The molecular weight excluding hydrogens is 295 g/mol. The fourth-order valence-corrected chi connectivity index (χ4v) is 1.86. The maximum Gasteiger partial charge on any atom is 0.573 e. The number of carbonyl (C=O) groups excluding carboxylic acids is 1. The summed E-state index contributed by atoms with van der Waals surface area (Å²) < 4.78 is 40.3. The number of carbonyl (C=O) groups is 1. The van der Waals surface area contributed by atoms with Gasteiger partial charge in [0.05, 0.1) is 0 Å². The molecule has 0 aliphatic carbocycles. The number of anilines is 1. The van der Waals surface area contributed by atoms with Crippen molar-refractivity contribution in [3.8, 4) is 5.75 Å². The number of hydrogen-bond donors (Lipinski definition) is 1. The van der Waals surface area contributed by atoms with Crippen LogP contribution in [0, 0.1) is 13.8 Å². The minimum Gasteiger partial charge on any atom is -0.406 e. The Kier molecular flexibility index (Phi) is 4.40. The highest BCUT2D eigenvalue weighted by Crippen LogP contribution is 2.24. The third kappa shape index (κ3) is 4.25. The lowest BCUT2D eigenvalue weighted by Gasteiger charge is -2.11. The second-order valence-electron chi connectivity index (χ2n) is 4.83. The summed E-state index contributed by atoms with van der Waals surface area (Å²) in [5.74, 6) is -0.934. The lowest BCUT2D eigenvalue weighted by Crippen LogP contribution is -2.18. The molecule has 116 valence electrons. The monoisotopic (exact) mass is 309 g/mol. The maximum absolute atomic E-state index is 12.2. The van der Waals surface area contributed by atoms with E-state index in [9.17, 15) is 18.0 Å². The van der Waals surface area contributed by atoms with Gasteiger partial charge in [-0.05, 0) is 55.3 Å². The standard InChI is InChI=1S/C16H14F3NO2/c1-10-6-7-13(8-11(10)2)20-15(21)12-4-3-5-14(9-12)22-16(17,18)19/h3-9H,1-2H3,(H,20,21). The van der Waals surface area contributed by atoms with Crippen molar-refractivity contribution < 1.29 is 22.7 Å². The minimum atomic E-state index is -4.79. The van der Waals surface area contributed by atoms with E-state index in [1.54, 1.807) is 12.1 Å². The summed E-state index contributed by atoms with van der Waals surface area (Å²) in [5, 5.41) is 2.64. The van der Waals surface area contributed by atoms with Gasteiger partial charge in [0.1, 0.15) is 5.75 Å². The van der Waals surface area contributed by atoms with E-state index in [-0.39, 0.29) is 5.56 Å². The number of benzene rings is 2. The molecule has 2 aromatic rings. The average Bonchev–Trinajstić information content (AvgIpc) is 2.41. The van der Waals surface area contributed by atoms with Gasteiger partial charge in [-0.1, -0.05) is 12.1 Å². The molecule has 0 atom stereocenters. The van der Waals surface area contributed by atoms with Crippen molar-refractivity contribution in [3.63, 3.8) is 0 Å². The van der Waals surface area contributed by atoms with Crippen LogP contribution in [0.1, 0.15) is 21.5 Å².